The fourth-order valence-electron chi connectivity index (χ4n) is 5.18. The lowest BCUT2D eigenvalue weighted by Gasteiger charge is -2.24. The molecule has 1 N–H and O–H groups in total. The summed E-state index contributed by atoms with van der Waals surface area (Å²) in [5.74, 6) is -1.25. The maximum atomic E-state index is 13.7. The summed E-state index contributed by atoms with van der Waals surface area (Å²) in [7, 11) is 0. The van der Waals surface area contributed by atoms with Crippen LogP contribution in [0.25, 0.3) is 5.76 Å². The number of Topliss-reactive ketones (excluding diaryl/α,β-unsaturated/α-hetero) is 1. The van der Waals surface area contributed by atoms with Crippen LogP contribution in [0.1, 0.15) is 51.9 Å². The summed E-state index contributed by atoms with van der Waals surface area (Å²) < 4.78 is 22.6. The SMILES string of the molecule is C=CCOC(=O)c1sc(N2C(=O)C(=O)C(=C(O)c3ccc4c(c3)C[C@@H](C)O4)[C@@H]2c2ccc(OCC=C)c(OCC)c2)nc1C. The van der Waals surface area contributed by atoms with Gasteiger partial charge in [-0.2, -0.15) is 0 Å². The minimum atomic E-state index is -1.10. The number of carbonyl (C=O) groups excluding carboxylic acids is 3. The lowest BCUT2D eigenvalue weighted by atomic mass is 9.94. The van der Waals surface area contributed by atoms with Crippen molar-refractivity contribution in [3.8, 4) is 17.2 Å². The van der Waals surface area contributed by atoms with Crippen molar-refractivity contribution in [1.29, 1.82) is 0 Å². The van der Waals surface area contributed by atoms with E-state index in [-0.39, 0.29) is 40.7 Å². The van der Waals surface area contributed by atoms with Gasteiger partial charge < -0.3 is 24.1 Å². The molecule has 228 valence electrons. The first-order chi connectivity index (χ1) is 21.2. The summed E-state index contributed by atoms with van der Waals surface area (Å²) in [6.07, 6.45) is 3.66. The number of fused-ring (bicyclic) bond motifs is 1. The minimum Gasteiger partial charge on any atom is -0.507 e. The number of esters is 1. The first kappa shape index (κ1) is 30.6. The molecule has 0 aliphatic carbocycles. The Balaban J connectivity index is 1.68. The average molecular weight is 617 g/mol. The summed E-state index contributed by atoms with van der Waals surface area (Å²) in [4.78, 5) is 46.0. The van der Waals surface area contributed by atoms with E-state index >= 15 is 0 Å². The van der Waals surface area contributed by atoms with Crippen LogP contribution in [0.15, 0.2) is 67.3 Å². The summed E-state index contributed by atoms with van der Waals surface area (Å²) >= 11 is 0.919. The molecule has 1 aromatic heterocycles. The molecule has 5 rings (SSSR count). The molecule has 2 atom stereocenters. The largest absolute Gasteiger partial charge is 0.507 e. The number of hydrogen-bond acceptors (Lipinski definition) is 10. The Labute approximate surface area is 258 Å². The predicted molar refractivity (Wildman–Crippen MR) is 166 cm³/mol. The second-order valence-electron chi connectivity index (χ2n) is 10.2. The summed E-state index contributed by atoms with van der Waals surface area (Å²) in [6, 6.07) is 9.07. The van der Waals surface area contributed by atoms with Crippen LogP contribution in [-0.2, 0) is 20.7 Å². The van der Waals surface area contributed by atoms with E-state index in [1.165, 1.54) is 11.0 Å². The summed E-state index contributed by atoms with van der Waals surface area (Å²) in [5.41, 5.74) is 1.91. The van der Waals surface area contributed by atoms with Crippen molar-refractivity contribution in [3.63, 3.8) is 0 Å². The fourth-order valence-corrected chi connectivity index (χ4v) is 6.16. The van der Waals surface area contributed by atoms with Gasteiger partial charge in [-0.05, 0) is 62.2 Å². The molecule has 2 aromatic carbocycles. The van der Waals surface area contributed by atoms with Gasteiger partial charge in [-0.3, -0.25) is 14.5 Å². The molecule has 11 heteroatoms. The molecule has 1 amide bonds. The lowest BCUT2D eigenvalue weighted by Crippen LogP contribution is -2.29. The molecule has 2 aliphatic heterocycles. The van der Waals surface area contributed by atoms with Gasteiger partial charge in [0.1, 0.15) is 35.7 Å². The van der Waals surface area contributed by atoms with Crippen LogP contribution in [0.2, 0.25) is 0 Å². The quantitative estimate of drug-likeness (QED) is 0.0949. The number of thiazole rings is 1. The third-order valence-corrected chi connectivity index (χ3v) is 8.20. The van der Waals surface area contributed by atoms with Crippen molar-refractivity contribution in [3.05, 3.63) is 94.5 Å². The van der Waals surface area contributed by atoms with Crippen molar-refractivity contribution in [1.82, 2.24) is 4.98 Å². The zero-order valence-corrected chi connectivity index (χ0v) is 25.4. The van der Waals surface area contributed by atoms with Crippen LogP contribution in [0.3, 0.4) is 0 Å². The second kappa shape index (κ2) is 12.8. The van der Waals surface area contributed by atoms with Crippen LogP contribution in [0.4, 0.5) is 5.13 Å². The molecule has 3 aromatic rings. The Kier molecular flexibility index (Phi) is 8.86. The monoisotopic (exact) mass is 616 g/mol. The second-order valence-corrected chi connectivity index (χ2v) is 11.1. The summed E-state index contributed by atoms with van der Waals surface area (Å²) in [5, 5.41) is 11.8. The maximum Gasteiger partial charge on any atom is 0.350 e. The fraction of sp³-hybridized carbons (Fsp3) is 0.273. The van der Waals surface area contributed by atoms with E-state index in [0.29, 0.717) is 47.1 Å². The van der Waals surface area contributed by atoms with E-state index in [1.54, 1.807) is 49.4 Å². The standard InChI is InChI=1S/C33H32N2O8S/c1-6-13-41-24-12-9-20(17-25(24)40-8-3)27-26(28(36)21-10-11-23-22(16-21)15-18(4)43-23)29(37)31(38)35(27)33-34-19(5)30(44-33)32(39)42-14-7-2/h6-7,9-12,16-18,27,36H,1-2,8,13-15H2,3-5H3/t18-,27+/m1/s1. The van der Waals surface area contributed by atoms with Gasteiger partial charge in [-0.25, -0.2) is 9.78 Å². The Hall–Kier alpha value is -4.90. The molecule has 0 saturated carbocycles. The molecule has 1 fully saturated rings. The van der Waals surface area contributed by atoms with Gasteiger partial charge in [0, 0.05) is 12.0 Å². The molecule has 0 radical (unpaired) electrons. The maximum absolute atomic E-state index is 13.7. The van der Waals surface area contributed by atoms with Crippen molar-refractivity contribution in [2.45, 2.75) is 39.3 Å². The molecule has 3 heterocycles. The number of benzene rings is 2. The molecule has 1 saturated heterocycles. The number of carbonyl (C=O) groups is 3. The van der Waals surface area contributed by atoms with E-state index in [2.05, 4.69) is 18.1 Å². The number of aliphatic hydroxyl groups is 1. The van der Waals surface area contributed by atoms with Gasteiger partial charge >= 0.3 is 11.9 Å². The van der Waals surface area contributed by atoms with Crippen molar-refractivity contribution >= 4 is 39.9 Å². The van der Waals surface area contributed by atoms with Crippen LogP contribution < -0.4 is 19.1 Å². The highest BCUT2D eigenvalue weighted by Gasteiger charge is 2.49. The number of rotatable bonds is 11. The van der Waals surface area contributed by atoms with Gasteiger partial charge in [0.25, 0.3) is 5.78 Å². The number of anilines is 1. The topological polar surface area (TPSA) is 124 Å². The normalized spacial score (nSPS) is 18.5. The Morgan fingerprint density at radius 1 is 1.14 bits per heavy atom. The summed E-state index contributed by atoms with van der Waals surface area (Å²) in [6.45, 7) is 13.2. The van der Waals surface area contributed by atoms with Gasteiger partial charge in [0.05, 0.1) is 23.9 Å². The van der Waals surface area contributed by atoms with Crippen molar-refractivity contribution in [2.24, 2.45) is 0 Å². The number of hydrogen-bond donors (Lipinski definition) is 1. The highest BCUT2D eigenvalue weighted by molar-refractivity contribution is 7.17. The molecule has 10 nitrogen and oxygen atoms in total. The van der Waals surface area contributed by atoms with Crippen LogP contribution >= 0.6 is 11.3 Å². The third kappa shape index (κ3) is 5.70. The first-order valence-corrected chi connectivity index (χ1v) is 14.9. The lowest BCUT2D eigenvalue weighted by molar-refractivity contribution is -0.132. The predicted octanol–water partition coefficient (Wildman–Crippen LogP) is 5.71. The molecule has 0 unspecified atom stereocenters. The number of ketones is 1. The van der Waals surface area contributed by atoms with Crippen molar-refractivity contribution in [2.75, 3.05) is 24.7 Å². The van der Waals surface area contributed by atoms with E-state index in [4.69, 9.17) is 18.9 Å². The number of amides is 1. The smallest absolute Gasteiger partial charge is 0.350 e. The first-order valence-electron chi connectivity index (χ1n) is 14.0. The van der Waals surface area contributed by atoms with Gasteiger partial charge in [0.2, 0.25) is 0 Å². The molecule has 0 spiro atoms. The number of aliphatic hydroxyl groups excluding tert-OH is 1. The Morgan fingerprint density at radius 3 is 2.64 bits per heavy atom. The molecule has 0 bridgehead atoms. The van der Waals surface area contributed by atoms with E-state index in [0.717, 1.165) is 16.9 Å². The van der Waals surface area contributed by atoms with Crippen molar-refractivity contribution < 1.29 is 38.4 Å². The zero-order valence-electron chi connectivity index (χ0n) is 24.6. The van der Waals surface area contributed by atoms with Gasteiger partial charge in [-0.15, -0.1) is 0 Å². The minimum absolute atomic E-state index is 0.00109. The van der Waals surface area contributed by atoms with Crippen LogP contribution in [0, 0.1) is 6.92 Å². The van der Waals surface area contributed by atoms with Gasteiger partial charge in [-0.1, -0.05) is 42.7 Å². The highest BCUT2D eigenvalue weighted by Crippen LogP contribution is 2.46. The number of aryl methyl sites for hydroxylation is 1. The molecular formula is C33H32N2O8S. The van der Waals surface area contributed by atoms with E-state index in [9.17, 15) is 19.5 Å². The van der Waals surface area contributed by atoms with Crippen LogP contribution in [0.5, 0.6) is 17.2 Å². The van der Waals surface area contributed by atoms with Crippen LogP contribution in [-0.4, -0.2) is 53.7 Å². The average Bonchev–Trinajstić information content (AvgIpc) is 3.66. The highest BCUT2D eigenvalue weighted by atomic mass is 32.1. The number of nitrogens with zero attached hydrogens (tertiary/aromatic N) is 2. The molecular weight excluding hydrogens is 584 g/mol. The number of ether oxygens (including phenoxy) is 4. The molecule has 44 heavy (non-hydrogen) atoms. The van der Waals surface area contributed by atoms with Gasteiger partial charge in [0.15, 0.2) is 16.6 Å². The Bertz CT molecular complexity index is 1690. The van der Waals surface area contributed by atoms with E-state index in [1.807, 2.05) is 13.8 Å². The Morgan fingerprint density at radius 2 is 1.91 bits per heavy atom. The molecule has 2 aliphatic rings. The third-order valence-electron chi connectivity index (χ3n) is 7.06. The van der Waals surface area contributed by atoms with E-state index < -0.39 is 23.7 Å². The zero-order chi connectivity index (χ0) is 31.5. The number of aromatic nitrogens is 1.